The van der Waals surface area contributed by atoms with Gasteiger partial charge in [0.1, 0.15) is 0 Å². The first-order valence-electron chi connectivity index (χ1n) is 5.47. The molecule has 0 N–H and O–H groups in total. The van der Waals surface area contributed by atoms with Gasteiger partial charge in [0.05, 0.1) is 6.54 Å². The van der Waals surface area contributed by atoms with E-state index >= 15 is 0 Å². The highest BCUT2D eigenvalue weighted by Gasteiger charge is 2.33. The molecule has 0 aromatic heterocycles. The van der Waals surface area contributed by atoms with E-state index in [-0.39, 0.29) is 4.92 Å². The largest absolute Gasteiger partial charge is 0.305 e. The van der Waals surface area contributed by atoms with Gasteiger partial charge < -0.3 is 4.90 Å². The minimum Gasteiger partial charge on any atom is -0.305 e. The Morgan fingerprint density at radius 1 is 1.27 bits per heavy atom. The maximum absolute atomic E-state index is 10.8. The van der Waals surface area contributed by atoms with Gasteiger partial charge in [0.2, 0.25) is 5.54 Å². The van der Waals surface area contributed by atoms with E-state index in [4.69, 9.17) is 0 Å². The van der Waals surface area contributed by atoms with E-state index in [2.05, 4.69) is 16.8 Å². The maximum Gasteiger partial charge on any atom is 0.229 e. The maximum atomic E-state index is 10.8. The highest BCUT2D eigenvalue weighted by Crippen LogP contribution is 2.12. The molecule has 5 heteroatoms. The summed E-state index contributed by atoms with van der Waals surface area (Å²) in [7, 11) is 2.10. The van der Waals surface area contributed by atoms with Crippen LogP contribution >= 0.6 is 0 Å². The molecule has 0 unspecified atom stereocenters. The van der Waals surface area contributed by atoms with Crippen LogP contribution in [0.2, 0.25) is 0 Å². The van der Waals surface area contributed by atoms with Gasteiger partial charge in [0.15, 0.2) is 0 Å². The first-order chi connectivity index (χ1) is 6.92. The Morgan fingerprint density at radius 2 is 1.93 bits per heavy atom. The number of hydrogen-bond acceptors (Lipinski definition) is 4. The average molecular weight is 215 g/mol. The Bertz CT molecular complexity index is 231. The molecule has 0 radical (unpaired) electrons. The van der Waals surface area contributed by atoms with Crippen molar-refractivity contribution >= 4 is 0 Å². The van der Waals surface area contributed by atoms with Gasteiger partial charge in [-0.15, -0.1) is 0 Å². The van der Waals surface area contributed by atoms with Crippen LogP contribution in [0.25, 0.3) is 0 Å². The molecule has 5 nitrogen and oxygen atoms in total. The molecule has 1 rings (SSSR count). The molecule has 0 aromatic carbocycles. The SMILES string of the molecule is CN1CCCN(CC(C)(C)[N+](=O)[O-])CC1. The van der Waals surface area contributed by atoms with Gasteiger partial charge in [-0.1, -0.05) is 0 Å². The third-order valence-electron chi connectivity index (χ3n) is 2.92. The molecule has 1 fully saturated rings. The Labute approximate surface area is 91.2 Å². The first kappa shape index (κ1) is 12.4. The summed E-state index contributed by atoms with van der Waals surface area (Å²) in [4.78, 5) is 15.1. The molecule has 1 aliphatic rings. The molecule has 1 aliphatic heterocycles. The molecule has 1 heterocycles. The lowest BCUT2D eigenvalue weighted by Crippen LogP contribution is -2.45. The molecule has 0 aliphatic carbocycles. The molecule has 0 saturated carbocycles. The third kappa shape index (κ3) is 3.76. The summed E-state index contributed by atoms with van der Waals surface area (Å²) in [5.74, 6) is 0. The van der Waals surface area contributed by atoms with E-state index in [1.807, 2.05) is 0 Å². The summed E-state index contributed by atoms with van der Waals surface area (Å²) < 4.78 is 0. The van der Waals surface area contributed by atoms with E-state index in [1.165, 1.54) is 0 Å². The van der Waals surface area contributed by atoms with Gasteiger partial charge in [0, 0.05) is 31.9 Å². The van der Waals surface area contributed by atoms with Gasteiger partial charge in [-0.05, 0) is 26.6 Å². The predicted molar refractivity (Wildman–Crippen MR) is 59.6 cm³/mol. The Hall–Kier alpha value is -0.680. The summed E-state index contributed by atoms with van der Waals surface area (Å²) in [6, 6.07) is 0. The fraction of sp³-hybridized carbons (Fsp3) is 1.00. The minimum atomic E-state index is -0.830. The van der Waals surface area contributed by atoms with Crippen molar-refractivity contribution in [2.45, 2.75) is 25.8 Å². The first-order valence-corrected chi connectivity index (χ1v) is 5.47. The van der Waals surface area contributed by atoms with Gasteiger partial charge >= 0.3 is 0 Å². The van der Waals surface area contributed by atoms with E-state index in [0.717, 1.165) is 32.6 Å². The van der Waals surface area contributed by atoms with Crippen molar-refractivity contribution < 1.29 is 4.92 Å². The number of likely N-dealkylation sites (N-methyl/N-ethyl adjacent to an activating group) is 1. The van der Waals surface area contributed by atoms with Gasteiger partial charge in [-0.25, -0.2) is 0 Å². The van der Waals surface area contributed by atoms with Crippen LogP contribution in [0.5, 0.6) is 0 Å². The highest BCUT2D eigenvalue weighted by atomic mass is 16.6. The normalized spacial score (nSPS) is 21.3. The van der Waals surface area contributed by atoms with Gasteiger partial charge in [-0.2, -0.15) is 0 Å². The lowest BCUT2D eigenvalue weighted by Gasteiger charge is -2.25. The van der Waals surface area contributed by atoms with Crippen molar-refractivity contribution in [2.24, 2.45) is 0 Å². The van der Waals surface area contributed by atoms with Crippen LogP contribution in [-0.2, 0) is 0 Å². The van der Waals surface area contributed by atoms with Crippen LogP contribution in [0.3, 0.4) is 0 Å². The highest BCUT2D eigenvalue weighted by molar-refractivity contribution is 4.76. The quantitative estimate of drug-likeness (QED) is 0.513. The lowest BCUT2D eigenvalue weighted by molar-refractivity contribution is -0.560. The lowest BCUT2D eigenvalue weighted by atomic mass is 10.1. The summed E-state index contributed by atoms with van der Waals surface area (Å²) in [5, 5.41) is 10.8. The van der Waals surface area contributed by atoms with Crippen LogP contribution in [0, 0.1) is 10.1 Å². The molecule has 1 saturated heterocycles. The molecule has 0 amide bonds. The van der Waals surface area contributed by atoms with E-state index in [9.17, 15) is 10.1 Å². The molecule has 0 bridgehead atoms. The second-order valence-electron chi connectivity index (χ2n) is 5.00. The molecular weight excluding hydrogens is 194 g/mol. The summed E-state index contributed by atoms with van der Waals surface area (Å²) in [5.41, 5.74) is -0.830. The predicted octanol–water partition coefficient (Wildman–Crippen LogP) is 0.679. The van der Waals surface area contributed by atoms with Crippen LogP contribution in [0.1, 0.15) is 20.3 Å². The molecule has 88 valence electrons. The van der Waals surface area contributed by atoms with Crippen molar-refractivity contribution in [1.29, 1.82) is 0 Å². The summed E-state index contributed by atoms with van der Waals surface area (Å²) in [6.45, 7) is 7.95. The van der Waals surface area contributed by atoms with Crippen molar-refractivity contribution in [3.63, 3.8) is 0 Å². The van der Waals surface area contributed by atoms with Gasteiger partial charge in [-0.3, -0.25) is 15.0 Å². The third-order valence-corrected chi connectivity index (χ3v) is 2.92. The standard InChI is InChI=1S/C10H21N3O2/c1-10(2,13(14)15)9-12-6-4-5-11(3)7-8-12/h4-9H2,1-3H3. The van der Waals surface area contributed by atoms with E-state index < -0.39 is 5.54 Å². The second-order valence-corrected chi connectivity index (χ2v) is 5.00. The molecule has 0 aromatic rings. The summed E-state index contributed by atoms with van der Waals surface area (Å²) in [6.07, 6.45) is 1.10. The average Bonchev–Trinajstić information content (AvgIpc) is 2.30. The Morgan fingerprint density at radius 3 is 2.53 bits per heavy atom. The smallest absolute Gasteiger partial charge is 0.229 e. The zero-order valence-corrected chi connectivity index (χ0v) is 9.90. The van der Waals surface area contributed by atoms with Crippen molar-refractivity contribution in [3.05, 3.63) is 10.1 Å². The Balaban J connectivity index is 2.47. The number of nitro groups is 1. The molecule has 15 heavy (non-hydrogen) atoms. The Kier molecular flexibility index (Phi) is 4.04. The van der Waals surface area contributed by atoms with Crippen molar-refractivity contribution in [2.75, 3.05) is 39.8 Å². The number of nitrogens with zero attached hydrogens (tertiary/aromatic N) is 3. The van der Waals surface area contributed by atoms with Crippen molar-refractivity contribution in [3.8, 4) is 0 Å². The number of hydrogen-bond donors (Lipinski definition) is 0. The van der Waals surface area contributed by atoms with Crippen LogP contribution in [0.15, 0.2) is 0 Å². The minimum absolute atomic E-state index is 0.179. The fourth-order valence-corrected chi connectivity index (χ4v) is 1.86. The van der Waals surface area contributed by atoms with Crippen LogP contribution in [0.4, 0.5) is 0 Å². The monoisotopic (exact) mass is 215 g/mol. The second kappa shape index (κ2) is 4.90. The van der Waals surface area contributed by atoms with Crippen LogP contribution < -0.4 is 0 Å². The molecule has 0 atom stereocenters. The van der Waals surface area contributed by atoms with Crippen molar-refractivity contribution in [1.82, 2.24) is 9.80 Å². The molecular formula is C10H21N3O2. The topological polar surface area (TPSA) is 49.6 Å². The molecule has 0 spiro atoms. The van der Waals surface area contributed by atoms with E-state index in [0.29, 0.717) is 6.54 Å². The summed E-state index contributed by atoms with van der Waals surface area (Å²) >= 11 is 0. The fourth-order valence-electron chi connectivity index (χ4n) is 1.86. The van der Waals surface area contributed by atoms with E-state index in [1.54, 1.807) is 13.8 Å². The zero-order chi connectivity index (χ0) is 11.5. The number of rotatable bonds is 3. The van der Waals surface area contributed by atoms with Crippen LogP contribution in [-0.4, -0.2) is 60.0 Å². The van der Waals surface area contributed by atoms with Gasteiger partial charge in [0.25, 0.3) is 0 Å². The zero-order valence-electron chi connectivity index (χ0n) is 9.90.